The SMILES string of the molecule is CCOc1ncnc(Nc2ccc(C#N)cc2Cl)c1N. The van der Waals surface area contributed by atoms with Crippen LogP contribution in [-0.4, -0.2) is 16.6 Å². The van der Waals surface area contributed by atoms with Crippen molar-refractivity contribution < 1.29 is 4.74 Å². The largest absolute Gasteiger partial charge is 0.476 e. The molecule has 2 rings (SSSR count). The van der Waals surface area contributed by atoms with Crippen LogP contribution in [0.25, 0.3) is 0 Å². The highest BCUT2D eigenvalue weighted by molar-refractivity contribution is 6.33. The van der Waals surface area contributed by atoms with Crippen LogP contribution in [0.2, 0.25) is 5.02 Å². The Morgan fingerprint density at radius 2 is 2.25 bits per heavy atom. The first-order chi connectivity index (χ1) is 9.65. The molecule has 0 fully saturated rings. The number of nitrogen functional groups attached to an aromatic ring is 1. The third kappa shape index (κ3) is 2.90. The summed E-state index contributed by atoms with van der Waals surface area (Å²) in [7, 11) is 0. The van der Waals surface area contributed by atoms with Crippen molar-refractivity contribution in [2.45, 2.75) is 6.92 Å². The Bertz CT molecular complexity index is 668. The minimum Gasteiger partial charge on any atom is -0.476 e. The van der Waals surface area contributed by atoms with Crippen molar-refractivity contribution in [2.75, 3.05) is 17.7 Å². The van der Waals surface area contributed by atoms with E-state index < -0.39 is 0 Å². The van der Waals surface area contributed by atoms with Crippen molar-refractivity contribution in [3.63, 3.8) is 0 Å². The fourth-order valence-corrected chi connectivity index (χ4v) is 1.77. The van der Waals surface area contributed by atoms with Crippen LogP contribution < -0.4 is 15.8 Å². The van der Waals surface area contributed by atoms with Gasteiger partial charge in [0.05, 0.1) is 28.9 Å². The van der Waals surface area contributed by atoms with Gasteiger partial charge >= 0.3 is 0 Å². The van der Waals surface area contributed by atoms with Gasteiger partial charge in [0.1, 0.15) is 12.0 Å². The minimum atomic E-state index is 0.301. The molecular formula is C13H12ClN5O. The van der Waals surface area contributed by atoms with Gasteiger partial charge in [-0.2, -0.15) is 10.2 Å². The third-order valence-corrected chi connectivity index (χ3v) is 2.79. The Labute approximate surface area is 121 Å². The van der Waals surface area contributed by atoms with Crippen molar-refractivity contribution >= 4 is 28.8 Å². The minimum absolute atomic E-state index is 0.301. The highest BCUT2D eigenvalue weighted by Crippen LogP contribution is 2.30. The lowest BCUT2D eigenvalue weighted by Crippen LogP contribution is -2.05. The van der Waals surface area contributed by atoms with Crippen LogP contribution in [0.1, 0.15) is 12.5 Å². The van der Waals surface area contributed by atoms with Gasteiger partial charge in [-0.25, -0.2) is 4.98 Å². The van der Waals surface area contributed by atoms with Crippen LogP contribution in [0.5, 0.6) is 5.88 Å². The summed E-state index contributed by atoms with van der Waals surface area (Å²) in [6.45, 7) is 2.30. The summed E-state index contributed by atoms with van der Waals surface area (Å²) in [6.07, 6.45) is 1.35. The van der Waals surface area contributed by atoms with Crippen LogP contribution in [0, 0.1) is 11.3 Å². The van der Waals surface area contributed by atoms with E-state index in [0.717, 1.165) is 0 Å². The fraction of sp³-hybridized carbons (Fsp3) is 0.154. The van der Waals surface area contributed by atoms with Crippen molar-refractivity contribution in [3.05, 3.63) is 35.1 Å². The Kier molecular flexibility index (Phi) is 4.23. The lowest BCUT2D eigenvalue weighted by Gasteiger charge is -2.12. The van der Waals surface area contributed by atoms with Crippen molar-refractivity contribution in [1.82, 2.24) is 9.97 Å². The first kappa shape index (κ1) is 13.9. The lowest BCUT2D eigenvalue weighted by atomic mass is 10.2. The summed E-state index contributed by atoms with van der Waals surface area (Å²) >= 11 is 6.08. The van der Waals surface area contributed by atoms with Gasteiger partial charge < -0.3 is 15.8 Å². The molecule has 1 heterocycles. The number of nitrogens with zero attached hydrogens (tertiary/aromatic N) is 3. The van der Waals surface area contributed by atoms with E-state index in [1.165, 1.54) is 6.33 Å². The molecular weight excluding hydrogens is 278 g/mol. The summed E-state index contributed by atoms with van der Waals surface area (Å²) in [5, 5.41) is 12.2. The van der Waals surface area contributed by atoms with E-state index in [2.05, 4.69) is 15.3 Å². The van der Waals surface area contributed by atoms with Gasteiger partial charge in [-0.05, 0) is 25.1 Å². The number of nitrogens with one attached hydrogen (secondary N) is 1. The molecule has 0 spiro atoms. The molecule has 0 bridgehead atoms. The molecule has 1 aromatic carbocycles. The van der Waals surface area contributed by atoms with Crippen LogP contribution in [-0.2, 0) is 0 Å². The van der Waals surface area contributed by atoms with Crippen LogP contribution >= 0.6 is 11.6 Å². The Balaban J connectivity index is 2.31. The Morgan fingerprint density at radius 3 is 2.90 bits per heavy atom. The van der Waals surface area contributed by atoms with E-state index in [4.69, 9.17) is 27.3 Å². The first-order valence-electron chi connectivity index (χ1n) is 5.85. The maximum atomic E-state index is 8.80. The molecule has 0 saturated carbocycles. The molecule has 0 radical (unpaired) electrons. The zero-order valence-electron chi connectivity index (χ0n) is 10.7. The van der Waals surface area contributed by atoms with Gasteiger partial charge in [0.15, 0.2) is 5.82 Å². The van der Waals surface area contributed by atoms with Crippen LogP contribution in [0.3, 0.4) is 0 Å². The second-order valence-corrected chi connectivity index (χ2v) is 4.21. The molecule has 0 aliphatic carbocycles. The number of benzene rings is 1. The standard InChI is InChI=1S/C13H12ClN5O/c1-2-20-13-11(16)12(17-7-18-13)19-10-4-3-8(6-15)5-9(10)14/h3-5,7H,2,16H2,1H3,(H,17,18,19). The number of ether oxygens (including phenoxy) is 1. The number of hydrogen-bond acceptors (Lipinski definition) is 6. The van der Waals surface area contributed by atoms with Gasteiger partial charge in [0.25, 0.3) is 0 Å². The number of aromatic nitrogens is 2. The summed E-state index contributed by atoms with van der Waals surface area (Å²) in [4.78, 5) is 8.00. The fourth-order valence-electron chi connectivity index (χ4n) is 1.54. The molecule has 3 N–H and O–H groups in total. The smallest absolute Gasteiger partial charge is 0.242 e. The van der Waals surface area contributed by atoms with Crippen LogP contribution in [0.15, 0.2) is 24.5 Å². The van der Waals surface area contributed by atoms with E-state index in [-0.39, 0.29) is 0 Å². The topological polar surface area (TPSA) is 96.9 Å². The first-order valence-corrected chi connectivity index (χ1v) is 6.23. The molecule has 6 nitrogen and oxygen atoms in total. The average Bonchev–Trinajstić information content (AvgIpc) is 2.45. The number of halogens is 1. The van der Waals surface area contributed by atoms with E-state index in [1.54, 1.807) is 18.2 Å². The second kappa shape index (κ2) is 6.08. The summed E-state index contributed by atoms with van der Waals surface area (Å²) in [5.74, 6) is 0.713. The molecule has 7 heteroatoms. The molecule has 0 saturated heterocycles. The van der Waals surface area contributed by atoms with Gasteiger partial charge in [-0.1, -0.05) is 11.6 Å². The molecule has 0 atom stereocenters. The Morgan fingerprint density at radius 1 is 1.45 bits per heavy atom. The lowest BCUT2D eigenvalue weighted by molar-refractivity contribution is 0.328. The summed E-state index contributed by atoms with van der Waals surface area (Å²) in [5.41, 5.74) is 7.29. The summed E-state index contributed by atoms with van der Waals surface area (Å²) in [6, 6.07) is 6.90. The zero-order valence-corrected chi connectivity index (χ0v) is 11.5. The number of nitriles is 1. The van der Waals surface area contributed by atoms with Gasteiger partial charge in [-0.3, -0.25) is 0 Å². The van der Waals surface area contributed by atoms with E-state index in [9.17, 15) is 0 Å². The van der Waals surface area contributed by atoms with E-state index in [0.29, 0.717) is 40.3 Å². The molecule has 0 unspecified atom stereocenters. The van der Waals surface area contributed by atoms with Gasteiger partial charge in [0, 0.05) is 0 Å². The quantitative estimate of drug-likeness (QED) is 0.898. The van der Waals surface area contributed by atoms with Crippen molar-refractivity contribution in [1.29, 1.82) is 5.26 Å². The van der Waals surface area contributed by atoms with Gasteiger partial charge in [0.2, 0.25) is 5.88 Å². The molecule has 0 aliphatic heterocycles. The third-order valence-electron chi connectivity index (χ3n) is 2.48. The number of anilines is 3. The molecule has 20 heavy (non-hydrogen) atoms. The zero-order chi connectivity index (χ0) is 14.5. The average molecular weight is 290 g/mol. The predicted octanol–water partition coefficient (Wildman–Crippen LogP) is 2.73. The van der Waals surface area contributed by atoms with Crippen LogP contribution in [0.4, 0.5) is 17.2 Å². The molecule has 0 amide bonds. The molecule has 102 valence electrons. The molecule has 0 aliphatic rings. The maximum absolute atomic E-state index is 8.80. The highest BCUT2D eigenvalue weighted by atomic mass is 35.5. The number of hydrogen-bond donors (Lipinski definition) is 2. The van der Waals surface area contributed by atoms with Gasteiger partial charge in [-0.15, -0.1) is 0 Å². The van der Waals surface area contributed by atoms with Crippen molar-refractivity contribution in [2.24, 2.45) is 0 Å². The normalized spacial score (nSPS) is 9.85. The molecule has 1 aromatic heterocycles. The number of nitrogens with two attached hydrogens (primary N) is 1. The highest BCUT2D eigenvalue weighted by Gasteiger charge is 2.10. The predicted molar refractivity (Wildman–Crippen MR) is 77.1 cm³/mol. The molecule has 2 aromatic rings. The number of rotatable bonds is 4. The maximum Gasteiger partial charge on any atom is 0.242 e. The van der Waals surface area contributed by atoms with Crippen molar-refractivity contribution in [3.8, 4) is 11.9 Å². The monoisotopic (exact) mass is 289 g/mol. The summed E-state index contributed by atoms with van der Waals surface area (Å²) < 4.78 is 5.29. The van der Waals surface area contributed by atoms with E-state index in [1.807, 2.05) is 13.0 Å². The second-order valence-electron chi connectivity index (χ2n) is 3.81. The van der Waals surface area contributed by atoms with E-state index >= 15 is 0 Å². The Hall–Kier alpha value is -2.52.